The summed E-state index contributed by atoms with van der Waals surface area (Å²) in [5.41, 5.74) is 0. The lowest BCUT2D eigenvalue weighted by Crippen LogP contribution is -2.30. The molecule has 5 atom stereocenters. The molecule has 0 aromatic carbocycles. The molecule has 0 aliphatic carbocycles. The summed E-state index contributed by atoms with van der Waals surface area (Å²) in [6.45, 7) is 7.18. The molecule has 0 rings (SSSR count). The Kier molecular flexibility index (Phi) is 59.2. The monoisotopic (exact) mass is 1270 g/mol. The summed E-state index contributed by atoms with van der Waals surface area (Å²) in [6, 6.07) is 0. The van der Waals surface area contributed by atoms with E-state index in [1.165, 1.54) is 161 Å². The van der Waals surface area contributed by atoms with E-state index >= 15 is 0 Å². The van der Waals surface area contributed by atoms with Gasteiger partial charge in [0.15, 0.2) is 12.2 Å². The molecular formula is C67H130O17P2. The molecule has 0 aromatic heterocycles. The molecule has 0 spiro atoms. The molecule has 0 aliphatic heterocycles. The minimum atomic E-state index is -4.95. The van der Waals surface area contributed by atoms with Crippen LogP contribution >= 0.6 is 15.6 Å². The van der Waals surface area contributed by atoms with Crippen molar-refractivity contribution in [3.05, 3.63) is 0 Å². The van der Waals surface area contributed by atoms with E-state index in [1.807, 2.05) is 0 Å². The van der Waals surface area contributed by atoms with Crippen LogP contribution in [0.15, 0.2) is 0 Å². The Morgan fingerprint density at radius 3 is 0.791 bits per heavy atom. The van der Waals surface area contributed by atoms with Crippen molar-refractivity contribution < 1.29 is 80.2 Å². The number of carbonyl (C=O) groups excluding carboxylic acids is 4. The van der Waals surface area contributed by atoms with Gasteiger partial charge in [-0.1, -0.05) is 291 Å². The fraction of sp³-hybridized carbons (Fsp3) is 0.940. The van der Waals surface area contributed by atoms with Gasteiger partial charge in [-0.15, -0.1) is 0 Å². The maximum Gasteiger partial charge on any atom is 0.472 e. The minimum absolute atomic E-state index is 0.105. The van der Waals surface area contributed by atoms with Crippen LogP contribution in [-0.4, -0.2) is 96.7 Å². The fourth-order valence-corrected chi connectivity index (χ4v) is 11.7. The molecule has 3 N–H and O–H groups in total. The number of phosphoric acid groups is 2. The van der Waals surface area contributed by atoms with Gasteiger partial charge in [0.25, 0.3) is 0 Å². The SMILES string of the molecule is CCCCCCCCCCCCCCCC(=O)OC[C@H](COP(=O)(O)OC[C@@H](O)COP(=O)(O)OC[C@@H](COC(=O)CCCCCCCCCC)OC(=O)CCCCCCCCCCCC(C)C)OC(=O)CCCCCCCCCCCCCCC. The van der Waals surface area contributed by atoms with Gasteiger partial charge in [-0.05, 0) is 31.6 Å². The highest BCUT2D eigenvalue weighted by molar-refractivity contribution is 7.47. The van der Waals surface area contributed by atoms with E-state index in [1.54, 1.807) is 0 Å². The lowest BCUT2D eigenvalue weighted by atomic mass is 10.0. The maximum atomic E-state index is 13.0. The van der Waals surface area contributed by atoms with E-state index in [0.717, 1.165) is 102 Å². The second kappa shape index (κ2) is 60.6. The molecule has 0 aromatic rings. The molecule has 17 nitrogen and oxygen atoms in total. The number of ether oxygens (including phenoxy) is 4. The quantitative estimate of drug-likeness (QED) is 0.0222. The Morgan fingerprint density at radius 1 is 0.314 bits per heavy atom. The average molecular weight is 1270 g/mol. The molecule has 0 saturated heterocycles. The first-order valence-electron chi connectivity index (χ1n) is 35.1. The van der Waals surface area contributed by atoms with Crippen LogP contribution in [0.5, 0.6) is 0 Å². The molecule has 0 saturated carbocycles. The number of phosphoric ester groups is 2. The third-order valence-corrected chi connectivity index (χ3v) is 17.4. The van der Waals surface area contributed by atoms with Gasteiger partial charge in [-0.3, -0.25) is 37.3 Å². The molecular weight excluding hydrogens is 1140 g/mol. The zero-order chi connectivity index (χ0) is 63.5. The van der Waals surface area contributed by atoms with E-state index in [4.69, 9.17) is 37.0 Å². The number of hydrogen-bond donors (Lipinski definition) is 3. The summed E-state index contributed by atoms with van der Waals surface area (Å²) in [6.07, 6.45) is 45.7. The number of esters is 4. The smallest absolute Gasteiger partial charge is 0.462 e. The van der Waals surface area contributed by atoms with E-state index in [2.05, 4.69) is 34.6 Å². The molecule has 0 heterocycles. The summed E-state index contributed by atoms with van der Waals surface area (Å²) >= 11 is 0. The number of carbonyl (C=O) groups is 4. The van der Waals surface area contributed by atoms with Crippen LogP contribution in [0.25, 0.3) is 0 Å². The standard InChI is InChI=1S/C67H130O17P2/c1-6-9-12-15-18-21-23-25-27-31-36-41-46-51-65(70)78-57-63(83-66(71)52-47-42-37-32-28-26-24-22-19-16-13-10-7-2)59-82-86(75,76)80-55-61(68)54-79-85(73,74)81-58-62(56-77-64(69)50-45-40-35-20-17-14-11-8-3)84-67(72)53-48-43-38-33-29-30-34-39-44-49-60(4)5/h60-63,68H,6-59H2,1-5H3,(H,73,74)(H,75,76)/t61-,62+,63+/m0/s1. The first-order valence-corrected chi connectivity index (χ1v) is 38.1. The van der Waals surface area contributed by atoms with E-state index in [0.29, 0.717) is 25.7 Å². The molecule has 0 bridgehead atoms. The summed E-state index contributed by atoms with van der Waals surface area (Å²) in [4.78, 5) is 72.3. The zero-order valence-corrected chi connectivity index (χ0v) is 57.2. The Hall–Kier alpha value is -1.94. The van der Waals surface area contributed by atoms with Crippen molar-refractivity contribution in [2.45, 2.75) is 361 Å². The van der Waals surface area contributed by atoms with Gasteiger partial charge in [-0.25, -0.2) is 9.13 Å². The molecule has 2 unspecified atom stereocenters. The summed E-state index contributed by atoms with van der Waals surface area (Å²) in [7, 11) is -9.89. The zero-order valence-electron chi connectivity index (χ0n) is 55.4. The van der Waals surface area contributed by atoms with Crippen molar-refractivity contribution >= 4 is 39.5 Å². The third-order valence-electron chi connectivity index (χ3n) is 15.5. The predicted octanol–water partition coefficient (Wildman–Crippen LogP) is 19.0. The molecule has 86 heavy (non-hydrogen) atoms. The fourth-order valence-electron chi connectivity index (χ4n) is 10.1. The van der Waals surface area contributed by atoms with Crippen molar-refractivity contribution in [3.8, 4) is 0 Å². The normalized spacial score (nSPS) is 14.2. The predicted molar refractivity (Wildman–Crippen MR) is 345 cm³/mol. The Morgan fingerprint density at radius 2 is 0.535 bits per heavy atom. The van der Waals surface area contributed by atoms with Crippen LogP contribution in [0.1, 0.15) is 343 Å². The molecule has 0 fully saturated rings. The average Bonchev–Trinajstić information content (AvgIpc) is 3.70. The lowest BCUT2D eigenvalue weighted by Gasteiger charge is -2.21. The van der Waals surface area contributed by atoms with Gasteiger partial charge in [-0.2, -0.15) is 0 Å². The summed E-state index contributed by atoms with van der Waals surface area (Å²) < 4.78 is 68.1. The van der Waals surface area contributed by atoms with Gasteiger partial charge in [0.1, 0.15) is 19.3 Å². The highest BCUT2D eigenvalue weighted by Gasteiger charge is 2.30. The topological polar surface area (TPSA) is 237 Å². The van der Waals surface area contributed by atoms with E-state index in [-0.39, 0.29) is 25.7 Å². The van der Waals surface area contributed by atoms with Crippen LogP contribution in [-0.2, 0) is 65.4 Å². The van der Waals surface area contributed by atoms with Crippen LogP contribution < -0.4 is 0 Å². The lowest BCUT2D eigenvalue weighted by molar-refractivity contribution is -0.161. The van der Waals surface area contributed by atoms with Gasteiger partial charge in [0, 0.05) is 25.7 Å². The van der Waals surface area contributed by atoms with Gasteiger partial charge < -0.3 is 33.8 Å². The first kappa shape index (κ1) is 84.1. The highest BCUT2D eigenvalue weighted by atomic mass is 31.2. The number of unbranched alkanes of at least 4 members (excludes halogenated alkanes) is 39. The van der Waals surface area contributed by atoms with Gasteiger partial charge >= 0.3 is 39.5 Å². The van der Waals surface area contributed by atoms with Crippen LogP contribution in [0.3, 0.4) is 0 Å². The van der Waals surface area contributed by atoms with Gasteiger partial charge in [0.2, 0.25) is 0 Å². The van der Waals surface area contributed by atoms with Gasteiger partial charge in [0.05, 0.1) is 26.4 Å². The van der Waals surface area contributed by atoms with E-state index in [9.17, 15) is 43.2 Å². The summed E-state index contributed by atoms with van der Waals surface area (Å²) in [5.74, 6) is -1.39. The molecule has 0 radical (unpaired) electrons. The van der Waals surface area contributed by atoms with Crippen molar-refractivity contribution in [3.63, 3.8) is 0 Å². The Labute approximate surface area is 524 Å². The molecule has 0 amide bonds. The second-order valence-electron chi connectivity index (χ2n) is 24.7. The third kappa shape index (κ3) is 60.9. The van der Waals surface area contributed by atoms with Crippen LogP contribution in [0.2, 0.25) is 0 Å². The highest BCUT2D eigenvalue weighted by Crippen LogP contribution is 2.45. The second-order valence-corrected chi connectivity index (χ2v) is 27.6. The minimum Gasteiger partial charge on any atom is -0.462 e. The molecule has 19 heteroatoms. The number of rotatable bonds is 67. The van der Waals surface area contributed by atoms with Crippen molar-refractivity contribution in [1.82, 2.24) is 0 Å². The maximum absolute atomic E-state index is 13.0. The number of aliphatic hydroxyl groups is 1. The first-order chi connectivity index (χ1) is 41.5. The Bertz CT molecular complexity index is 1670. The van der Waals surface area contributed by atoms with Crippen molar-refractivity contribution in [2.75, 3.05) is 39.6 Å². The number of hydrogen-bond acceptors (Lipinski definition) is 15. The number of aliphatic hydroxyl groups excluding tert-OH is 1. The summed E-state index contributed by atoms with van der Waals surface area (Å²) in [5, 5.41) is 10.6. The van der Waals surface area contributed by atoms with Crippen LogP contribution in [0.4, 0.5) is 0 Å². The largest absolute Gasteiger partial charge is 0.472 e. The van der Waals surface area contributed by atoms with Crippen LogP contribution in [0, 0.1) is 5.92 Å². The Balaban J connectivity index is 5.23. The van der Waals surface area contributed by atoms with Crippen molar-refractivity contribution in [2.24, 2.45) is 5.92 Å². The van der Waals surface area contributed by atoms with E-state index < -0.39 is 97.5 Å². The van der Waals surface area contributed by atoms with Crippen molar-refractivity contribution in [1.29, 1.82) is 0 Å². The molecule has 510 valence electrons. The molecule has 0 aliphatic rings.